The van der Waals surface area contributed by atoms with Gasteiger partial charge < -0.3 is 14.5 Å². The van der Waals surface area contributed by atoms with Crippen LogP contribution in [0.15, 0.2) is 24.3 Å². The molecule has 1 atom stereocenters. The van der Waals surface area contributed by atoms with Crippen molar-refractivity contribution in [3.8, 4) is 5.75 Å². The van der Waals surface area contributed by atoms with Crippen LogP contribution in [-0.4, -0.2) is 30.0 Å². The first kappa shape index (κ1) is 19.2. The van der Waals surface area contributed by atoms with Crippen LogP contribution in [0.1, 0.15) is 76.7 Å². The molecule has 1 heterocycles. The van der Waals surface area contributed by atoms with Crippen molar-refractivity contribution in [3.05, 3.63) is 52.3 Å². The maximum absolute atomic E-state index is 12.8. The highest BCUT2D eigenvalue weighted by molar-refractivity contribution is 6.03. The number of esters is 1. The largest absolute Gasteiger partial charge is 0.494 e. The van der Waals surface area contributed by atoms with Gasteiger partial charge in [0.1, 0.15) is 11.4 Å². The highest BCUT2D eigenvalue weighted by Crippen LogP contribution is 2.35. The van der Waals surface area contributed by atoms with Crippen molar-refractivity contribution in [1.82, 2.24) is 4.98 Å². The van der Waals surface area contributed by atoms with E-state index in [1.165, 1.54) is 0 Å². The SMILES string of the molecule is CCCCOC(=O)c1[nH]c2c(c1C)C(=O)CC(c1ccc(OCC)cc1)C2. The van der Waals surface area contributed by atoms with E-state index in [0.29, 0.717) is 42.9 Å². The van der Waals surface area contributed by atoms with E-state index in [1.807, 2.05) is 45.0 Å². The lowest BCUT2D eigenvalue weighted by molar-refractivity contribution is 0.0492. The number of hydrogen-bond acceptors (Lipinski definition) is 4. The van der Waals surface area contributed by atoms with E-state index < -0.39 is 0 Å². The molecular formula is C22H27NO4. The third-order valence-electron chi connectivity index (χ3n) is 5.09. The second kappa shape index (κ2) is 8.42. The zero-order chi connectivity index (χ0) is 19.4. The van der Waals surface area contributed by atoms with Crippen LogP contribution in [0.3, 0.4) is 0 Å². The van der Waals surface area contributed by atoms with Crippen LogP contribution >= 0.6 is 0 Å². The van der Waals surface area contributed by atoms with Gasteiger partial charge in [0.05, 0.1) is 13.2 Å². The van der Waals surface area contributed by atoms with Crippen LogP contribution in [-0.2, 0) is 11.2 Å². The van der Waals surface area contributed by atoms with E-state index in [1.54, 1.807) is 0 Å². The van der Waals surface area contributed by atoms with Gasteiger partial charge in [-0.15, -0.1) is 0 Å². The standard InChI is InChI=1S/C22H27NO4/c1-4-6-11-27-22(25)21-14(3)20-18(23-21)12-16(13-19(20)24)15-7-9-17(10-8-15)26-5-2/h7-10,16,23H,4-6,11-13H2,1-3H3. The van der Waals surface area contributed by atoms with Crippen LogP contribution in [0.25, 0.3) is 0 Å². The number of carbonyl (C=O) groups excluding carboxylic acids is 2. The summed E-state index contributed by atoms with van der Waals surface area (Å²) in [5.74, 6) is 0.636. The van der Waals surface area contributed by atoms with E-state index in [9.17, 15) is 9.59 Å². The molecule has 0 aliphatic heterocycles. The molecule has 144 valence electrons. The normalized spacial score (nSPS) is 16.1. The third kappa shape index (κ3) is 4.07. The van der Waals surface area contributed by atoms with Crippen LogP contribution < -0.4 is 4.74 Å². The predicted molar refractivity (Wildman–Crippen MR) is 104 cm³/mol. The first-order valence-corrected chi connectivity index (χ1v) is 9.69. The molecule has 1 aliphatic carbocycles. The molecule has 1 unspecified atom stereocenters. The number of Topliss-reactive ketones (excluding diaryl/α,β-unsaturated/α-hetero) is 1. The van der Waals surface area contributed by atoms with Crippen molar-refractivity contribution in [1.29, 1.82) is 0 Å². The Labute approximate surface area is 160 Å². The van der Waals surface area contributed by atoms with Gasteiger partial charge in [-0.1, -0.05) is 25.5 Å². The van der Waals surface area contributed by atoms with Crippen molar-refractivity contribution in [3.63, 3.8) is 0 Å². The van der Waals surface area contributed by atoms with Gasteiger partial charge in [0.25, 0.3) is 0 Å². The minimum atomic E-state index is -0.374. The Morgan fingerprint density at radius 1 is 1.19 bits per heavy atom. The number of carbonyl (C=O) groups is 2. The minimum Gasteiger partial charge on any atom is -0.494 e. The van der Waals surface area contributed by atoms with Crippen molar-refractivity contribution >= 4 is 11.8 Å². The zero-order valence-corrected chi connectivity index (χ0v) is 16.3. The molecule has 0 spiro atoms. The summed E-state index contributed by atoms with van der Waals surface area (Å²) in [7, 11) is 0. The lowest BCUT2D eigenvalue weighted by Gasteiger charge is -2.22. The highest BCUT2D eigenvalue weighted by atomic mass is 16.5. The molecule has 5 heteroatoms. The Morgan fingerprint density at radius 3 is 2.59 bits per heavy atom. The van der Waals surface area contributed by atoms with E-state index in [-0.39, 0.29) is 17.7 Å². The monoisotopic (exact) mass is 369 g/mol. The van der Waals surface area contributed by atoms with Crippen molar-refractivity contribution in [2.75, 3.05) is 13.2 Å². The highest BCUT2D eigenvalue weighted by Gasteiger charge is 2.32. The lowest BCUT2D eigenvalue weighted by atomic mass is 9.81. The fraction of sp³-hybridized carbons (Fsp3) is 0.455. The molecule has 0 amide bonds. The first-order chi connectivity index (χ1) is 13.0. The number of benzene rings is 1. The molecule has 1 N–H and O–H groups in total. The maximum Gasteiger partial charge on any atom is 0.355 e. The summed E-state index contributed by atoms with van der Waals surface area (Å²) in [6.45, 7) is 6.85. The maximum atomic E-state index is 12.8. The van der Waals surface area contributed by atoms with Crippen LogP contribution in [0.4, 0.5) is 0 Å². The second-order valence-electron chi connectivity index (χ2n) is 7.00. The molecule has 5 nitrogen and oxygen atoms in total. The van der Waals surface area contributed by atoms with Crippen molar-refractivity contribution in [2.45, 2.75) is 52.4 Å². The van der Waals surface area contributed by atoms with E-state index in [2.05, 4.69) is 4.98 Å². The Hall–Kier alpha value is -2.56. The summed E-state index contributed by atoms with van der Waals surface area (Å²) < 4.78 is 10.8. The summed E-state index contributed by atoms with van der Waals surface area (Å²) in [4.78, 5) is 28.3. The smallest absolute Gasteiger partial charge is 0.355 e. The molecule has 0 saturated heterocycles. The average Bonchev–Trinajstić information content (AvgIpc) is 3.00. The number of unbranched alkanes of at least 4 members (excludes halogenated alkanes) is 1. The fourth-order valence-corrected chi connectivity index (χ4v) is 3.66. The number of ketones is 1. The van der Waals surface area contributed by atoms with E-state index >= 15 is 0 Å². The topological polar surface area (TPSA) is 68.4 Å². The average molecular weight is 369 g/mol. The molecular weight excluding hydrogens is 342 g/mol. The summed E-state index contributed by atoms with van der Waals surface area (Å²) in [6, 6.07) is 7.91. The van der Waals surface area contributed by atoms with Gasteiger partial charge in [-0.25, -0.2) is 4.79 Å². The number of fused-ring (bicyclic) bond motifs is 1. The second-order valence-corrected chi connectivity index (χ2v) is 7.00. The van der Waals surface area contributed by atoms with Crippen molar-refractivity contribution < 1.29 is 19.1 Å². The molecule has 27 heavy (non-hydrogen) atoms. The van der Waals surface area contributed by atoms with E-state index in [0.717, 1.165) is 29.8 Å². The molecule has 0 saturated carbocycles. The number of nitrogens with one attached hydrogen (secondary N) is 1. The van der Waals surface area contributed by atoms with Gasteiger partial charge in [-0.05, 0) is 55.9 Å². The quantitative estimate of drug-likeness (QED) is 0.572. The van der Waals surface area contributed by atoms with Crippen LogP contribution in [0.2, 0.25) is 0 Å². The Morgan fingerprint density at radius 2 is 1.93 bits per heavy atom. The summed E-state index contributed by atoms with van der Waals surface area (Å²) in [6.07, 6.45) is 2.96. The molecule has 3 rings (SSSR count). The number of aromatic amines is 1. The molecule has 1 aromatic heterocycles. The predicted octanol–water partition coefficient (Wildman–Crippen LogP) is 4.59. The van der Waals surface area contributed by atoms with Gasteiger partial charge in [-0.3, -0.25) is 4.79 Å². The number of aromatic nitrogens is 1. The molecule has 1 aliphatic rings. The van der Waals surface area contributed by atoms with Crippen LogP contribution in [0.5, 0.6) is 5.75 Å². The van der Waals surface area contributed by atoms with Gasteiger partial charge in [0.2, 0.25) is 0 Å². The Bertz CT molecular complexity index is 820. The van der Waals surface area contributed by atoms with Crippen molar-refractivity contribution in [2.24, 2.45) is 0 Å². The molecule has 2 aromatic rings. The fourth-order valence-electron chi connectivity index (χ4n) is 3.66. The first-order valence-electron chi connectivity index (χ1n) is 9.69. The van der Waals surface area contributed by atoms with Gasteiger partial charge in [0, 0.05) is 17.7 Å². The Balaban J connectivity index is 1.79. The van der Waals surface area contributed by atoms with Gasteiger partial charge in [-0.2, -0.15) is 0 Å². The minimum absolute atomic E-state index is 0.0801. The zero-order valence-electron chi connectivity index (χ0n) is 16.3. The molecule has 1 aromatic carbocycles. The number of ether oxygens (including phenoxy) is 2. The molecule has 0 radical (unpaired) electrons. The van der Waals surface area contributed by atoms with E-state index in [4.69, 9.17) is 9.47 Å². The third-order valence-corrected chi connectivity index (χ3v) is 5.09. The summed E-state index contributed by atoms with van der Waals surface area (Å²) >= 11 is 0. The van der Waals surface area contributed by atoms with Gasteiger partial charge in [0.15, 0.2) is 5.78 Å². The Kier molecular flexibility index (Phi) is 5.99. The summed E-state index contributed by atoms with van der Waals surface area (Å²) in [5.41, 5.74) is 3.74. The lowest BCUT2D eigenvalue weighted by Crippen LogP contribution is -2.18. The summed E-state index contributed by atoms with van der Waals surface area (Å²) in [5, 5.41) is 0. The van der Waals surface area contributed by atoms with Gasteiger partial charge >= 0.3 is 5.97 Å². The molecule has 0 fully saturated rings. The number of rotatable bonds is 7. The number of hydrogen-bond donors (Lipinski definition) is 1. The number of H-pyrrole nitrogens is 1. The molecule has 0 bridgehead atoms. The van der Waals surface area contributed by atoms with Crippen LogP contribution in [0, 0.1) is 6.92 Å².